The number of unbranched alkanes of at least 4 members (excludes halogenated alkanes) is 3. The Morgan fingerprint density at radius 2 is 1.50 bits per heavy atom. The van der Waals surface area contributed by atoms with E-state index in [1.54, 1.807) is 0 Å². The van der Waals surface area contributed by atoms with Crippen LogP contribution in [0.15, 0.2) is 0 Å². The molecule has 0 fully saturated rings. The SMILES string of the molecule is CCCCCCOC(=O)CCCOCCOCCOC(C)C. The van der Waals surface area contributed by atoms with Crippen LogP contribution in [-0.2, 0) is 23.7 Å². The van der Waals surface area contributed by atoms with Crippen LogP contribution in [0.5, 0.6) is 0 Å². The summed E-state index contributed by atoms with van der Waals surface area (Å²) < 4.78 is 21.2. The minimum atomic E-state index is -0.123. The molecule has 0 aromatic carbocycles. The minimum absolute atomic E-state index is 0.123. The van der Waals surface area contributed by atoms with Crippen molar-refractivity contribution < 1.29 is 23.7 Å². The molecule has 132 valence electrons. The highest BCUT2D eigenvalue weighted by Gasteiger charge is 2.02. The van der Waals surface area contributed by atoms with Crippen molar-refractivity contribution >= 4 is 5.97 Å². The molecule has 0 aromatic heterocycles. The number of carbonyl (C=O) groups excluding carboxylic acids is 1. The first-order chi connectivity index (χ1) is 10.7. The third-order valence-corrected chi connectivity index (χ3v) is 2.98. The average molecular weight is 318 g/mol. The van der Waals surface area contributed by atoms with Gasteiger partial charge in [-0.05, 0) is 26.7 Å². The zero-order chi connectivity index (χ0) is 16.5. The Morgan fingerprint density at radius 3 is 2.18 bits per heavy atom. The van der Waals surface area contributed by atoms with Gasteiger partial charge >= 0.3 is 5.97 Å². The third kappa shape index (κ3) is 17.4. The quantitative estimate of drug-likeness (QED) is 0.323. The Labute approximate surface area is 135 Å². The molecule has 5 nitrogen and oxygen atoms in total. The predicted molar refractivity (Wildman–Crippen MR) is 87.1 cm³/mol. The van der Waals surface area contributed by atoms with Gasteiger partial charge in [0.15, 0.2) is 0 Å². The second kappa shape index (κ2) is 16.7. The predicted octanol–water partition coefficient (Wildman–Crippen LogP) is 3.35. The lowest BCUT2D eigenvalue weighted by Crippen LogP contribution is -2.13. The molecule has 0 bridgehead atoms. The van der Waals surface area contributed by atoms with Crippen molar-refractivity contribution in [3.8, 4) is 0 Å². The molecule has 0 radical (unpaired) electrons. The Hall–Kier alpha value is -0.650. The van der Waals surface area contributed by atoms with Crippen LogP contribution in [0.3, 0.4) is 0 Å². The Bertz CT molecular complexity index is 243. The lowest BCUT2D eigenvalue weighted by Gasteiger charge is -2.08. The van der Waals surface area contributed by atoms with E-state index in [0.717, 1.165) is 12.8 Å². The summed E-state index contributed by atoms with van der Waals surface area (Å²) in [5.41, 5.74) is 0. The van der Waals surface area contributed by atoms with Gasteiger partial charge in [0, 0.05) is 13.0 Å². The molecule has 0 aliphatic heterocycles. The van der Waals surface area contributed by atoms with Gasteiger partial charge in [0.25, 0.3) is 0 Å². The second-order valence-electron chi connectivity index (χ2n) is 5.53. The standard InChI is InChI=1S/C17H34O5/c1-4-5-6-7-11-22-17(18)9-8-10-19-12-13-20-14-15-21-16(2)3/h16H,4-15H2,1-3H3. The summed E-state index contributed by atoms with van der Waals surface area (Å²) in [5.74, 6) is -0.123. The zero-order valence-corrected chi connectivity index (χ0v) is 14.6. The summed E-state index contributed by atoms with van der Waals surface area (Å²) in [4.78, 5) is 11.4. The van der Waals surface area contributed by atoms with Crippen molar-refractivity contribution in [1.29, 1.82) is 0 Å². The number of rotatable bonds is 16. The van der Waals surface area contributed by atoms with Gasteiger partial charge in [-0.2, -0.15) is 0 Å². The van der Waals surface area contributed by atoms with E-state index in [1.807, 2.05) is 13.8 Å². The monoisotopic (exact) mass is 318 g/mol. The molecule has 0 saturated heterocycles. The summed E-state index contributed by atoms with van der Waals surface area (Å²) in [5, 5.41) is 0. The van der Waals surface area contributed by atoms with Crippen molar-refractivity contribution in [2.24, 2.45) is 0 Å². The van der Waals surface area contributed by atoms with Crippen LogP contribution < -0.4 is 0 Å². The molecular formula is C17H34O5. The van der Waals surface area contributed by atoms with Crippen LogP contribution in [-0.4, -0.2) is 51.7 Å². The summed E-state index contributed by atoms with van der Waals surface area (Å²) in [6.07, 6.45) is 5.87. The molecule has 5 heteroatoms. The highest BCUT2D eigenvalue weighted by atomic mass is 16.5. The number of ether oxygens (including phenoxy) is 4. The lowest BCUT2D eigenvalue weighted by atomic mass is 10.2. The van der Waals surface area contributed by atoms with E-state index in [0.29, 0.717) is 52.5 Å². The van der Waals surface area contributed by atoms with E-state index < -0.39 is 0 Å². The van der Waals surface area contributed by atoms with Crippen molar-refractivity contribution in [2.45, 2.75) is 65.4 Å². The summed E-state index contributed by atoms with van der Waals surface area (Å²) in [6.45, 7) is 9.59. The highest BCUT2D eigenvalue weighted by molar-refractivity contribution is 5.69. The maximum absolute atomic E-state index is 11.4. The minimum Gasteiger partial charge on any atom is -0.466 e. The molecule has 0 aliphatic rings. The lowest BCUT2D eigenvalue weighted by molar-refractivity contribution is -0.144. The van der Waals surface area contributed by atoms with Crippen molar-refractivity contribution in [2.75, 3.05) is 39.6 Å². The normalized spacial score (nSPS) is 11.1. The van der Waals surface area contributed by atoms with Gasteiger partial charge in [0.05, 0.1) is 39.1 Å². The van der Waals surface area contributed by atoms with E-state index in [-0.39, 0.29) is 12.1 Å². The molecule has 0 spiro atoms. The van der Waals surface area contributed by atoms with E-state index in [4.69, 9.17) is 18.9 Å². The van der Waals surface area contributed by atoms with Gasteiger partial charge in [0.2, 0.25) is 0 Å². The van der Waals surface area contributed by atoms with Gasteiger partial charge in [0.1, 0.15) is 0 Å². The van der Waals surface area contributed by atoms with Gasteiger partial charge < -0.3 is 18.9 Å². The summed E-state index contributed by atoms with van der Waals surface area (Å²) in [7, 11) is 0. The first-order valence-electron chi connectivity index (χ1n) is 8.59. The Kier molecular flexibility index (Phi) is 16.2. The molecule has 0 aromatic rings. The average Bonchev–Trinajstić information content (AvgIpc) is 2.48. The topological polar surface area (TPSA) is 54.0 Å². The molecule has 22 heavy (non-hydrogen) atoms. The van der Waals surface area contributed by atoms with E-state index in [1.165, 1.54) is 12.8 Å². The number of carbonyl (C=O) groups is 1. The van der Waals surface area contributed by atoms with Crippen LogP contribution in [0.4, 0.5) is 0 Å². The summed E-state index contributed by atoms with van der Waals surface area (Å²) >= 11 is 0. The van der Waals surface area contributed by atoms with Crippen LogP contribution >= 0.6 is 0 Å². The molecule has 0 amide bonds. The molecule has 0 unspecified atom stereocenters. The van der Waals surface area contributed by atoms with Crippen molar-refractivity contribution in [3.05, 3.63) is 0 Å². The van der Waals surface area contributed by atoms with Gasteiger partial charge in [-0.3, -0.25) is 4.79 Å². The largest absolute Gasteiger partial charge is 0.466 e. The zero-order valence-electron chi connectivity index (χ0n) is 14.6. The number of esters is 1. The molecule has 0 rings (SSSR count). The van der Waals surface area contributed by atoms with Crippen molar-refractivity contribution in [3.63, 3.8) is 0 Å². The van der Waals surface area contributed by atoms with Gasteiger partial charge in [-0.15, -0.1) is 0 Å². The first-order valence-corrected chi connectivity index (χ1v) is 8.59. The molecule has 0 aliphatic carbocycles. The van der Waals surface area contributed by atoms with Crippen LogP contribution in [0.1, 0.15) is 59.3 Å². The maximum atomic E-state index is 11.4. The fourth-order valence-corrected chi connectivity index (χ4v) is 1.77. The molecule has 0 atom stereocenters. The van der Waals surface area contributed by atoms with E-state index in [9.17, 15) is 4.79 Å². The second-order valence-corrected chi connectivity index (χ2v) is 5.53. The third-order valence-electron chi connectivity index (χ3n) is 2.98. The van der Waals surface area contributed by atoms with Crippen LogP contribution in [0.2, 0.25) is 0 Å². The van der Waals surface area contributed by atoms with E-state index >= 15 is 0 Å². The number of hydrogen-bond donors (Lipinski definition) is 0. The number of hydrogen-bond acceptors (Lipinski definition) is 5. The Morgan fingerprint density at radius 1 is 0.818 bits per heavy atom. The Balaban J connectivity index is 3.13. The van der Waals surface area contributed by atoms with Gasteiger partial charge in [-0.1, -0.05) is 26.2 Å². The fourth-order valence-electron chi connectivity index (χ4n) is 1.77. The first kappa shape index (κ1) is 21.4. The molecule has 0 heterocycles. The molecule has 0 N–H and O–H groups in total. The van der Waals surface area contributed by atoms with Crippen LogP contribution in [0.25, 0.3) is 0 Å². The fraction of sp³-hybridized carbons (Fsp3) is 0.941. The molecular weight excluding hydrogens is 284 g/mol. The molecule has 0 saturated carbocycles. The summed E-state index contributed by atoms with van der Waals surface area (Å²) in [6, 6.07) is 0. The van der Waals surface area contributed by atoms with Crippen molar-refractivity contribution in [1.82, 2.24) is 0 Å². The maximum Gasteiger partial charge on any atom is 0.305 e. The smallest absolute Gasteiger partial charge is 0.305 e. The highest BCUT2D eigenvalue weighted by Crippen LogP contribution is 2.00. The van der Waals surface area contributed by atoms with E-state index in [2.05, 4.69) is 6.92 Å². The van der Waals surface area contributed by atoms with Crippen LogP contribution in [0, 0.1) is 0 Å². The van der Waals surface area contributed by atoms with Gasteiger partial charge in [-0.25, -0.2) is 0 Å².